The van der Waals surface area contributed by atoms with Gasteiger partial charge in [-0.15, -0.1) is 0 Å². The average molecular weight is 269 g/mol. The van der Waals surface area contributed by atoms with E-state index in [2.05, 4.69) is 29.4 Å². The van der Waals surface area contributed by atoms with E-state index >= 15 is 0 Å². The molecule has 1 aliphatic rings. The molecule has 0 aromatic rings. The summed E-state index contributed by atoms with van der Waals surface area (Å²) >= 11 is 0. The number of nitrogens with zero attached hydrogens (tertiary/aromatic N) is 1. The second-order valence-electron chi connectivity index (χ2n) is 5.97. The van der Waals surface area contributed by atoms with Crippen LogP contribution < -0.4 is 10.6 Å². The summed E-state index contributed by atoms with van der Waals surface area (Å²) in [6, 6.07) is 0.499. The molecule has 0 aromatic heterocycles. The van der Waals surface area contributed by atoms with Gasteiger partial charge in [0.2, 0.25) is 5.91 Å². The quantitative estimate of drug-likeness (QED) is 0.740. The fourth-order valence-electron chi connectivity index (χ4n) is 2.55. The largest absolute Gasteiger partial charge is 0.352 e. The van der Waals surface area contributed by atoms with Gasteiger partial charge in [-0.25, -0.2) is 0 Å². The molecule has 0 bridgehead atoms. The highest BCUT2D eigenvalue weighted by Crippen LogP contribution is 2.08. The van der Waals surface area contributed by atoms with E-state index in [1.54, 1.807) is 0 Å². The lowest BCUT2D eigenvalue weighted by atomic mass is 10.1. The molecule has 1 heterocycles. The van der Waals surface area contributed by atoms with Crippen molar-refractivity contribution in [2.24, 2.45) is 0 Å². The van der Waals surface area contributed by atoms with Gasteiger partial charge in [-0.3, -0.25) is 4.79 Å². The zero-order chi connectivity index (χ0) is 14.3. The zero-order valence-corrected chi connectivity index (χ0v) is 13.0. The number of carbonyl (C=O) groups excluding carboxylic acids is 1. The maximum atomic E-state index is 12.0. The molecule has 3 atom stereocenters. The fourth-order valence-corrected chi connectivity index (χ4v) is 2.55. The van der Waals surface area contributed by atoms with Gasteiger partial charge in [0, 0.05) is 18.6 Å². The Bertz CT molecular complexity index is 264. The van der Waals surface area contributed by atoms with Crippen LogP contribution in [0.5, 0.6) is 0 Å². The zero-order valence-electron chi connectivity index (χ0n) is 13.0. The van der Waals surface area contributed by atoms with Gasteiger partial charge in [0.25, 0.3) is 0 Å². The van der Waals surface area contributed by atoms with E-state index in [0.29, 0.717) is 6.04 Å². The number of nitrogens with one attached hydrogen (secondary N) is 2. The molecule has 1 amide bonds. The van der Waals surface area contributed by atoms with Gasteiger partial charge in [-0.1, -0.05) is 13.3 Å². The highest BCUT2D eigenvalue weighted by molar-refractivity contribution is 5.81. The number of piperidine rings is 1. The Labute approximate surface area is 118 Å². The average Bonchev–Trinajstić information content (AvgIpc) is 2.39. The molecule has 1 aliphatic heterocycles. The van der Waals surface area contributed by atoms with Crippen molar-refractivity contribution < 1.29 is 4.79 Å². The number of rotatable bonds is 7. The van der Waals surface area contributed by atoms with Gasteiger partial charge >= 0.3 is 0 Å². The molecule has 1 fully saturated rings. The van der Waals surface area contributed by atoms with E-state index in [1.165, 1.54) is 32.4 Å². The SMILES string of the molecule is CCC(C)NC(=O)C(C)NC(C)CN1CCCCC1. The van der Waals surface area contributed by atoms with Crippen LogP contribution in [0, 0.1) is 0 Å². The van der Waals surface area contributed by atoms with Crippen molar-refractivity contribution in [1.29, 1.82) is 0 Å². The molecule has 0 aliphatic carbocycles. The molecule has 19 heavy (non-hydrogen) atoms. The first-order valence-corrected chi connectivity index (χ1v) is 7.81. The van der Waals surface area contributed by atoms with E-state index in [0.717, 1.165) is 13.0 Å². The van der Waals surface area contributed by atoms with Crippen molar-refractivity contribution in [3.63, 3.8) is 0 Å². The van der Waals surface area contributed by atoms with Crippen LogP contribution in [0.1, 0.15) is 53.4 Å². The second kappa shape index (κ2) is 8.54. The maximum absolute atomic E-state index is 12.0. The Morgan fingerprint density at radius 3 is 2.32 bits per heavy atom. The molecule has 4 heteroatoms. The van der Waals surface area contributed by atoms with Crippen LogP contribution in [-0.4, -0.2) is 48.6 Å². The van der Waals surface area contributed by atoms with Crippen LogP contribution in [-0.2, 0) is 4.79 Å². The molecule has 0 spiro atoms. The van der Waals surface area contributed by atoms with Gasteiger partial charge in [-0.05, 0) is 53.1 Å². The van der Waals surface area contributed by atoms with E-state index in [9.17, 15) is 4.79 Å². The summed E-state index contributed by atoms with van der Waals surface area (Å²) in [5.74, 6) is 0.111. The van der Waals surface area contributed by atoms with E-state index < -0.39 is 0 Å². The van der Waals surface area contributed by atoms with Crippen LogP contribution >= 0.6 is 0 Å². The third kappa shape index (κ3) is 6.39. The highest BCUT2D eigenvalue weighted by Gasteiger charge is 2.19. The van der Waals surface area contributed by atoms with Crippen molar-refractivity contribution >= 4 is 5.91 Å². The Balaban J connectivity index is 2.26. The lowest BCUT2D eigenvalue weighted by molar-refractivity contribution is -0.123. The Morgan fingerprint density at radius 2 is 1.74 bits per heavy atom. The van der Waals surface area contributed by atoms with Crippen LogP contribution in [0.4, 0.5) is 0 Å². The Kier molecular flexibility index (Phi) is 7.39. The van der Waals surface area contributed by atoms with Gasteiger partial charge in [0.05, 0.1) is 6.04 Å². The number of hydrogen-bond donors (Lipinski definition) is 2. The lowest BCUT2D eigenvalue weighted by Crippen LogP contribution is -2.51. The minimum atomic E-state index is -0.117. The Morgan fingerprint density at radius 1 is 1.11 bits per heavy atom. The fraction of sp³-hybridized carbons (Fsp3) is 0.933. The summed E-state index contributed by atoms with van der Waals surface area (Å²) in [6.45, 7) is 11.7. The predicted molar refractivity (Wildman–Crippen MR) is 80.2 cm³/mol. The first-order chi connectivity index (χ1) is 9.02. The summed E-state index contributed by atoms with van der Waals surface area (Å²) in [4.78, 5) is 14.5. The van der Waals surface area contributed by atoms with Crippen LogP contribution in [0.3, 0.4) is 0 Å². The van der Waals surface area contributed by atoms with E-state index in [-0.39, 0.29) is 18.0 Å². The highest BCUT2D eigenvalue weighted by atomic mass is 16.2. The molecule has 1 rings (SSSR count). The number of carbonyl (C=O) groups is 1. The third-order valence-electron chi connectivity index (χ3n) is 3.91. The first kappa shape index (κ1) is 16.4. The van der Waals surface area contributed by atoms with Crippen molar-refractivity contribution in [3.05, 3.63) is 0 Å². The summed E-state index contributed by atoms with van der Waals surface area (Å²) in [5, 5.41) is 6.43. The molecule has 0 radical (unpaired) electrons. The van der Waals surface area contributed by atoms with Crippen LogP contribution in [0.2, 0.25) is 0 Å². The summed E-state index contributed by atoms with van der Waals surface area (Å²) < 4.78 is 0. The molecule has 2 N–H and O–H groups in total. The van der Waals surface area contributed by atoms with Crippen molar-refractivity contribution in [2.45, 2.75) is 71.5 Å². The molecule has 0 saturated carbocycles. The number of hydrogen-bond acceptors (Lipinski definition) is 3. The molecule has 0 aromatic carbocycles. The van der Waals surface area contributed by atoms with Crippen molar-refractivity contribution in [1.82, 2.24) is 15.5 Å². The first-order valence-electron chi connectivity index (χ1n) is 7.81. The Hall–Kier alpha value is -0.610. The summed E-state index contributed by atoms with van der Waals surface area (Å²) in [7, 11) is 0. The molecule has 112 valence electrons. The van der Waals surface area contributed by atoms with Crippen LogP contribution in [0.15, 0.2) is 0 Å². The molecular weight excluding hydrogens is 238 g/mol. The van der Waals surface area contributed by atoms with Gasteiger partial charge in [-0.2, -0.15) is 0 Å². The monoisotopic (exact) mass is 269 g/mol. The van der Waals surface area contributed by atoms with Crippen molar-refractivity contribution in [3.8, 4) is 0 Å². The van der Waals surface area contributed by atoms with Gasteiger partial charge in [0.15, 0.2) is 0 Å². The van der Waals surface area contributed by atoms with Gasteiger partial charge < -0.3 is 15.5 Å². The van der Waals surface area contributed by atoms with E-state index in [4.69, 9.17) is 0 Å². The second-order valence-corrected chi connectivity index (χ2v) is 5.97. The topological polar surface area (TPSA) is 44.4 Å². The molecule has 3 unspecified atom stereocenters. The molecule has 4 nitrogen and oxygen atoms in total. The molecular formula is C15H31N3O. The maximum Gasteiger partial charge on any atom is 0.237 e. The van der Waals surface area contributed by atoms with E-state index in [1.807, 2.05) is 13.8 Å². The third-order valence-corrected chi connectivity index (χ3v) is 3.91. The molecule has 1 saturated heterocycles. The van der Waals surface area contributed by atoms with Gasteiger partial charge in [0.1, 0.15) is 0 Å². The smallest absolute Gasteiger partial charge is 0.237 e. The summed E-state index contributed by atoms with van der Waals surface area (Å²) in [6.07, 6.45) is 4.97. The lowest BCUT2D eigenvalue weighted by Gasteiger charge is -2.30. The normalized spacial score (nSPS) is 21.7. The standard InChI is InChI=1S/C15H31N3O/c1-5-12(2)17-15(19)14(4)16-13(3)11-18-9-7-6-8-10-18/h12-14,16H,5-11H2,1-4H3,(H,17,19). The predicted octanol–water partition coefficient (Wildman–Crippen LogP) is 1.75. The van der Waals surface area contributed by atoms with Crippen LogP contribution in [0.25, 0.3) is 0 Å². The minimum absolute atomic E-state index is 0.111. The number of amides is 1. The minimum Gasteiger partial charge on any atom is -0.352 e. The number of likely N-dealkylation sites (tertiary alicyclic amines) is 1. The summed E-state index contributed by atoms with van der Waals surface area (Å²) in [5.41, 5.74) is 0. The van der Waals surface area contributed by atoms with Crippen molar-refractivity contribution in [2.75, 3.05) is 19.6 Å².